The first kappa shape index (κ1) is 15.4. The minimum Gasteiger partial charge on any atom is -0.493 e. The number of hydrogen-bond acceptors (Lipinski definition) is 3. The first-order valence-corrected chi connectivity index (χ1v) is 7.19. The van der Waals surface area contributed by atoms with Gasteiger partial charge in [0, 0.05) is 24.0 Å². The molecule has 0 fully saturated rings. The number of aromatic nitrogens is 1. The molecule has 0 aliphatic heterocycles. The van der Waals surface area contributed by atoms with E-state index < -0.39 is 0 Å². The van der Waals surface area contributed by atoms with Crippen molar-refractivity contribution >= 4 is 0 Å². The zero-order valence-electron chi connectivity index (χ0n) is 12.5. The number of nitrogens with one attached hydrogen (secondary N) is 1. The van der Waals surface area contributed by atoms with Gasteiger partial charge in [0.15, 0.2) is 0 Å². The number of pyridine rings is 1. The van der Waals surface area contributed by atoms with Crippen molar-refractivity contribution in [1.82, 2.24) is 10.3 Å². The van der Waals surface area contributed by atoms with Crippen LogP contribution in [0.1, 0.15) is 30.5 Å². The molecule has 21 heavy (non-hydrogen) atoms. The second kappa shape index (κ2) is 7.74. The maximum absolute atomic E-state index is 13.4. The maximum Gasteiger partial charge on any atom is 0.124 e. The smallest absolute Gasteiger partial charge is 0.124 e. The molecule has 4 heteroatoms. The third-order valence-electron chi connectivity index (χ3n) is 3.49. The molecule has 1 aromatic heterocycles. The second-order valence-corrected chi connectivity index (χ2v) is 5.00. The molecule has 112 valence electrons. The molecule has 2 aromatic rings. The van der Waals surface area contributed by atoms with Crippen LogP contribution in [0.3, 0.4) is 0 Å². The average molecular weight is 288 g/mol. The highest BCUT2D eigenvalue weighted by atomic mass is 19.1. The highest BCUT2D eigenvalue weighted by Gasteiger charge is 2.11. The van der Waals surface area contributed by atoms with Gasteiger partial charge in [-0.15, -0.1) is 0 Å². The molecular formula is C17H21FN2O. The summed E-state index contributed by atoms with van der Waals surface area (Å²) in [5.41, 5.74) is 2.10. The Kier molecular flexibility index (Phi) is 5.69. The number of ether oxygens (including phenoxy) is 1. The normalized spacial score (nSPS) is 12.1. The highest BCUT2D eigenvalue weighted by molar-refractivity contribution is 5.36. The molecule has 1 unspecified atom stereocenters. The molecule has 0 saturated carbocycles. The lowest BCUT2D eigenvalue weighted by Crippen LogP contribution is -2.14. The summed E-state index contributed by atoms with van der Waals surface area (Å²) in [7, 11) is 1.85. The van der Waals surface area contributed by atoms with Crippen molar-refractivity contribution in [2.24, 2.45) is 0 Å². The van der Waals surface area contributed by atoms with E-state index in [-0.39, 0.29) is 11.9 Å². The number of nitrogens with zero attached hydrogens (tertiary/aromatic N) is 1. The zero-order chi connectivity index (χ0) is 15.1. The van der Waals surface area contributed by atoms with Crippen LogP contribution < -0.4 is 10.1 Å². The van der Waals surface area contributed by atoms with Crippen LogP contribution in [0, 0.1) is 5.82 Å². The molecule has 0 bridgehead atoms. The van der Waals surface area contributed by atoms with Gasteiger partial charge < -0.3 is 10.1 Å². The topological polar surface area (TPSA) is 34.1 Å². The Balaban J connectivity index is 1.91. The molecule has 3 nitrogen and oxygen atoms in total. The molecule has 0 aliphatic rings. The standard InChI is InChI=1S/C17H21FN2O/c1-13(19-2)16-12-15(18)5-6-17(16)21-11-3-4-14-7-9-20-10-8-14/h5-10,12-13,19H,3-4,11H2,1-2H3. The average Bonchev–Trinajstić information content (AvgIpc) is 2.53. The minimum absolute atomic E-state index is 0.0518. The van der Waals surface area contributed by atoms with Crippen molar-refractivity contribution in [2.75, 3.05) is 13.7 Å². The fraction of sp³-hybridized carbons (Fsp3) is 0.353. The molecule has 0 radical (unpaired) electrons. The van der Waals surface area contributed by atoms with Gasteiger partial charge in [-0.25, -0.2) is 4.39 Å². The SMILES string of the molecule is CNC(C)c1cc(F)ccc1OCCCc1ccncc1. The molecule has 2 rings (SSSR count). The molecule has 0 spiro atoms. The Labute approximate surface area is 125 Å². The van der Waals surface area contributed by atoms with E-state index in [1.54, 1.807) is 18.5 Å². The maximum atomic E-state index is 13.4. The van der Waals surface area contributed by atoms with E-state index in [0.29, 0.717) is 6.61 Å². The van der Waals surface area contributed by atoms with Gasteiger partial charge in [0.05, 0.1) is 6.61 Å². The Morgan fingerprint density at radius 2 is 2.00 bits per heavy atom. The molecule has 1 atom stereocenters. The second-order valence-electron chi connectivity index (χ2n) is 5.00. The van der Waals surface area contributed by atoms with Crippen molar-refractivity contribution in [3.05, 3.63) is 59.7 Å². The summed E-state index contributed by atoms with van der Waals surface area (Å²) in [4.78, 5) is 4.00. The van der Waals surface area contributed by atoms with Gasteiger partial charge in [-0.3, -0.25) is 4.98 Å². The lowest BCUT2D eigenvalue weighted by atomic mass is 10.1. The molecular weight excluding hydrogens is 267 g/mol. The fourth-order valence-electron chi connectivity index (χ4n) is 2.15. The van der Waals surface area contributed by atoms with Crippen LogP contribution in [0.15, 0.2) is 42.7 Å². The van der Waals surface area contributed by atoms with E-state index in [0.717, 1.165) is 24.2 Å². The molecule has 1 aromatic carbocycles. The van der Waals surface area contributed by atoms with Crippen molar-refractivity contribution < 1.29 is 9.13 Å². The summed E-state index contributed by atoms with van der Waals surface area (Å²) in [6.07, 6.45) is 5.45. The summed E-state index contributed by atoms with van der Waals surface area (Å²) in [6.45, 7) is 2.59. The number of hydrogen-bond donors (Lipinski definition) is 1. The van der Waals surface area contributed by atoms with Gasteiger partial charge in [0.1, 0.15) is 11.6 Å². The van der Waals surface area contributed by atoms with Crippen LogP contribution in [-0.4, -0.2) is 18.6 Å². The van der Waals surface area contributed by atoms with Crippen molar-refractivity contribution in [3.63, 3.8) is 0 Å². The first-order chi connectivity index (χ1) is 10.2. The van der Waals surface area contributed by atoms with Crippen LogP contribution in [0.25, 0.3) is 0 Å². The van der Waals surface area contributed by atoms with Gasteiger partial charge >= 0.3 is 0 Å². The monoisotopic (exact) mass is 288 g/mol. The van der Waals surface area contributed by atoms with Crippen molar-refractivity contribution in [3.8, 4) is 5.75 Å². The summed E-state index contributed by atoms with van der Waals surface area (Å²) >= 11 is 0. The Morgan fingerprint density at radius 3 is 2.71 bits per heavy atom. The molecule has 0 saturated heterocycles. The van der Waals surface area contributed by atoms with Gasteiger partial charge in [-0.05, 0) is 62.7 Å². The number of rotatable bonds is 7. The van der Waals surface area contributed by atoms with Crippen molar-refractivity contribution in [2.45, 2.75) is 25.8 Å². The summed E-state index contributed by atoms with van der Waals surface area (Å²) in [6, 6.07) is 8.73. The highest BCUT2D eigenvalue weighted by Crippen LogP contribution is 2.26. The number of halogens is 1. The van der Waals surface area contributed by atoms with Crippen LogP contribution in [0.4, 0.5) is 4.39 Å². The van der Waals surface area contributed by atoms with E-state index >= 15 is 0 Å². The summed E-state index contributed by atoms with van der Waals surface area (Å²) in [5.74, 6) is 0.504. The van der Waals surface area contributed by atoms with E-state index in [4.69, 9.17) is 4.74 Å². The zero-order valence-corrected chi connectivity index (χ0v) is 12.5. The van der Waals surface area contributed by atoms with Gasteiger partial charge in [0.25, 0.3) is 0 Å². The third-order valence-corrected chi connectivity index (χ3v) is 3.49. The van der Waals surface area contributed by atoms with E-state index in [1.165, 1.54) is 17.7 Å². The van der Waals surface area contributed by atoms with Gasteiger partial charge in [-0.2, -0.15) is 0 Å². The minimum atomic E-state index is -0.240. The van der Waals surface area contributed by atoms with Crippen LogP contribution >= 0.6 is 0 Å². The lowest BCUT2D eigenvalue weighted by Gasteiger charge is -2.16. The quantitative estimate of drug-likeness (QED) is 0.792. The predicted molar refractivity (Wildman–Crippen MR) is 81.9 cm³/mol. The third kappa shape index (κ3) is 4.53. The molecule has 1 heterocycles. The van der Waals surface area contributed by atoms with Crippen LogP contribution in [0.2, 0.25) is 0 Å². The number of aryl methyl sites for hydroxylation is 1. The largest absolute Gasteiger partial charge is 0.493 e. The first-order valence-electron chi connectivity index (χ1n) is 7.19. The van der Waals surface area contributed by atoms with E-state index in [2.05, 4.69) is 10.3 Å². The van der Waals surface area contributed by atoms with Crippen LogP contribution in [-0.2, 0) is 6.42 Å². The summed E-state index contributed by atoms with van der Waals surface area (Å²) in [5, 5.41) is 3.11. The molecule has 0 aliphatic carbocycles. The Bertz CT molecular complexity index is 560. The molecule has 1 N–H and O–H groups in total. The van der Waals surface area contributed by atoms with Gasteiger partial charge in [0.2, 0.25) is 0 Å². The van der Waals surface area contributed by atoms with E-state index in [9.17, 15) is 4.39 Å². The fourth-order valence-corrected chi connectivity index (χ4v) is 2.15. The number of benzene rings is 1. The van der Waals surface area contributed by atoms with Crippen LogP contribution in [0.5, 0.6) is 5.75 Å². The van der Waals surface area contributed by atoms with Gasteiger partial charge in [-0.1, -0.05) is 0 Å². The Morgan fingerprint density at radius 1 is 1.24 bits per heavy atom. The van der Waals surface area contributed by atoms with E-state index in [1.807, 2.05) is 26.1 Å². The lowest BCUT2D eigenvalue weighted by molar-refractivity contribution is 0.304. The summed E-state index contributed by atoms with van der Waals surface area (Å²) < 4.78 is 19.2. The van der Waals surface area contributed by atoms with Crippen molar-refractivity contribution in [1.29, 1.82) is 0 Å². The molecule has 0 amide bonds. The Hall–Kier alpha value is -1.94. The predicted octanol–water partition coefficient (Wildman–Crippen LogP) is 3.51.